The molecule has 448 valence electrons. The summed E-state index contributed by atoms with van der Waals surface area (Å²) >= 11 is 12.6. The van der Waals surface area contributed by atoms with Crippen molar-refractivity contribution in [2.75, 3.05) is 65.4 Å². The normalized spacial score (nSPS) is 13.6. The monoisotopic (exact) mass is 1290 g/mol. The number of azo groups is 2. The number of carbonyl (C=O) groups excluding carboxylic acids is 2. The molecule has 0 atom stereocenters. The number of halogens is 2. The molecule has 13 N–H and O–H groups in total. The summed E-state index contributed by atoms with van der Waals surface area (Å²) in [6, 6.07) is 8.71. The highest BCUT2D eigenvalue weighted by Gasteiger charge is 2.27. The minimum Gasteiger partial charge on any atom is -0.494 e. The first-order valence-corrected chi connectivity index (χ1v) is 30.3. The summed E-state index contributed by atoms with van der Waals surface area (Å²) in [5, 5.41) is 35.8. The van der Waals surface area contributed by atoms with Gasteiger partial charge in [-0.25, -0.2) is 4.79 Å². The molecule has 1 fully saturated rings. The van der Waals surface area contributed by atoms with Crippen molar-refractivity contribution in [1.29, 1.82) is 0 Å². The van der Waals surface area contributed by atoms with Gasteiger partial charge in [-0.1, -0.05) is 0 Å². The summed E-state index contributed by atoms with van der Waals surface area (Å²) in [5.41, 5.74) is 7.78. The number of nitrogens with one attached hydrogen (secondary N) is 4. The molecule has 4 heterocycles. The van der Waals surface area contributed by atoms with Gasteiger partial charge < -0.3 is 42.7 Å². The largest absolute Gasteiger partial charge is 0.494 e. The molecule has 1 aliphatic heterocycles. The van der Waals surface area contributed by atoms with Gasteiger partial charge in [0.1, 0.15) is 37.3 Å². The Morgan fingerprint density at radius 1 is 0.659 bits per heavy atom. The van der Waals surface area contributed by atoms with Gasteiger partial charge in [0.05, 0.1) is 10.6 Å². The number of nitrogens with zero attached hydrogens (tertiary/aromatic N) is 13. The maximum atomic E-state index is 13.1. The molecule has 1 saturated heterocycles. The second-order valence-electron chi connectivity index (χ2n) is 17.7. The molecule has 0 unspecified atom stereocenters. The van der Waals surface area contributed by atoms with Crippen LogP contribution in [0.15, 0.2) is 105 Å². The molecule has 3 amide bonds. The summed E-state index contributed by atoms with van der Waals surface area (Å²) in [7, 11) is -20.5. The van der Waals surface area contributed by atoms with E-state index in [2.05, 4.69) is 76.5 Å². The van der Waals surface area contributed by atoms with Crippen LogP contribution in [0.5, 0.6) is 5.88 Å². The zero-order valence-corrected chi connectivity index (χ0v) is 48.1. The van der Waals surface area contributed by atoms with Gasteiger partial charge in [-0.15, -0.1) is 20.5 Å². The Kier molecular flexibility index (Phi) is 17.9. The van der Waals surface area contributed by atoms with Gasteiger partial charge in [-0.3, -0.25) is 37.3 Å². The number of carbonyl (C=O) groups is 2. The van der Waals surface area contributed by atoms with E-state index in [-0.39, 0.29) is 69.2 Å². The van der Waals surface area contributed by atoms with Crippen LogP contribution in [0.25, 0.3) is 10.8 Å². The SMILES string of the molecule is CCn1c(O)c(C(N)=O)c(C)c(N=Nc2cc(Nc3nc(Cl)nc(NCCN4CCN(c5nc(Cl)nc(Nc6ccc(N=Nc7cc8c(S(=O)(=O)O)cc(S(=O)(=O)O)cc8cc7S(=O)(=O)O)c(NC(N)=O)c6)n5)CC4)n3)ccc2S(=O)(=O)O)c1=O. The van der Waals surface area contributed by atoms with E-state index in [1.165, 1.54) is 38.1 Å². The van der Waals surface area contributed by atoms with Crippen molar-refractivity contribution in [2.45, 2.75) is 40.0 Å². The average Bonchev–Trinajstić information content (AvgIpc) is 3.58. The molecular formula is C44H43Cl2N19O16S4. The lowest BCUT2D eigenvalue weighted by atomic mass is 10.1. The quantitative estimate of drug-likeness (QED) is 0.0359. The van der Waals surface area contributed by atoms with Crippen molar-refractivity contribution >= 4 is 150 Å². The predicted octanol–water partition coefficient (Wildman–Crippen LogP) is 4.84. The maximum absolute atomic E-state index is 13.1. The number of primary amides is 2. The lowest BCUT2D eigenvalue weighted by molar-refractivity contribution is 0.0995. The molecule has 0 radical (unpaired) electrons. The molecule has 0 spiro atoms. The number of amides is 3. The Balaban J connectivity index is 0.921. The molecule has 41 heteroatoms. The second-order valence-corrected chi connectivity index (χ2v) is 24.0. The van der Waals surface area contributed by atoms with Crippen molar-refractivity contribution < 1.29 is 66.6 Å². The number of nitrogens with two attached hydrogens (primary N) is 2. The van der Waals surface area contributed by atoms with Crippen molar-refractivity contribution in [2.24, 2.45) is 31.9 Å². The van der Waals surface area contributed by atoms with E-state index >= 15 is 0 Å². The van der Waals surface area contributed by atoms with Crippen LogP contribution in [-0.2, 0) is 47.0 Å². The molecule has 85 heavy (non-hydrogen) atoms. The summed E-state index contributed by atoms with van der Waals surface area (Å²) in [5.74, 6) is -1.69. The highest BCUT2D eigenvalue weighted by atomic mass is 35.5. The van der Waals surface area contributed by atoms with E-state index in [9.17, 15) is 71.4 Å². The number of piperazine rings is 1. The summed E-state index contributed by atoms with van der Waals surface area (Å²) in [6.07, 6.45) is 0. The van der Waals surface area contributed by atoms with Gasteiger partial charge in [0, 0.05) is 68.1 Å². The second kappa shape index (κ2) is 24.4. The number of anilines is 7. The number of hydrogen-bond acceptors (Lipinski definition) is 27. The molecular weight excluding hydrogens is 1250 g/mol. The van der Waals surface area contributed by atoms with Crippen molar-refractivity contribution in [1.82, 2.24) is 39.4 Å². The number of aromatic nitrogens is 7. The third kappa shape index (κ3) is 14.8. The third-order valence-corrected chi connectivity index (χ3v) is 16.0. The van der Waals surface area contributed by atoms with Gasteiger partial charge in [0.15, 0.2) is 5.69 Å². The van der Waals surface area contributed by atoms with Gasteiger partial charge in [0.2, 0.25) is 40.2 Å². The fourth-order valence-electron chi connectivity index (χ4n) is 8.29. The summed E-state index contributed by atoms with van der Waals surface area (Å²) < 4.78 is 138. The highest BCUT2D eigenvalue weighted by Crippen LogP contribution is 2.38. The van der Waals surface area contributed by atoms with Crippen LogP contribution in [0.3, 0.4) is 0 Å². The van der Waals surface area contributed by atoms with Crippen LogP contribution >= 0.6 is 23.2 Å². The topological polar surface area (TPSA) is 527 Å². The van der Waals surface area contributed by atoms with E-state index in [0.29, 0.717) is 57.5 Å². The minimum absolute atomic E-state index is 0.0460. The smallest absolute Gasteiger partial charge is 0.316 e. The molecule has 0 saturated carbocycles. The van der Waals surface area contributed by atoms with Gasteiger partial charge in [-0.05, 0) is 103 Å². The Hall–Kier alpha value is -8.77. The third-order valence-electron chi connectivity index (χ3n) is 12.1. The highest BCUT2D eigenvalue weighted by molar-refractivity contribution is 7.87. The van der Waals surface area contributed by atoms with Crippen LogP contribution in [0.1, 0.15) is 22.8 Å². The van der Waals surface area contributed by atoms with Crippen LogP contribution in [0.2, 0.25) is 10.6 Å². The number of urea groups is 1. The van der Waals surface area contributed by atoms with Gasteiger partial charge in [0.25, 0.3) is 51.9 Å². The molecule has 0 bridgehead atoms. The average molecular weight is 1290 g/mol. The Labute approximate surface area is 489 Å². The van der Waals surface area contributed by atoms with Crippen LogP contribution in [0.4, 0.5) is 68.4 Å². The first-order valence-electron chi connectivity index (χ1n) is 23.8. The number of pyridine rings is 1. The van der Waals surface area contributed by atoms with E-state index in [1.54, 1.807) is 0 Å². The number of benzene rings is 4. The van der Waals surface area contributed by atoms with Crippen molar-refractivity contribution in [3.05, 3.63) is 92.7 Å². The van der Waals surface area contributed by atoms with Crippen LogP contribution in [0, 0.1) is 6.92 Å². The molecule has 0 aliphatic carbocycles. The molecule has 7 aromatic rings. The number of fused-ring (bicyclic) bond motifs is 1. The number of aromatic hydroxyl groups is 1. The first-order chi connectivity index (χ1) is 39.8. The molecule has 8 rings (SSSR count). The van der Waals surface area contributed by atoms with E-state index in [1.807, 2.05) is 4.90 Å². The van der Waals surface area contributed by atoms with Crippen LogP contribution in [-0.4, -0.2) is 148 Å². The number of hydrogen-bond donors (Lipinski definition) is 11. The molecule has 35 nitrogen and oxygen atoms in total. The van der Waals surface area contributed by atoms with Crippen LogP contribution < -0.4 is 43.2 Å². The van der Waals surface area contributed by atoms with Crippen molar-refractivity contribution in [3.63, 3.8) is 0 Å². The predicted molar refractivity (Wildman–Crippen MR) is 302 cm³/mol. The van der Waals surface area contributed by atoms with E-state index in [4.69, 9.17) is 34.7 Å². The fourth-order valence-corrected chi connectivity index (χ4v) is 11.2. The standard InChI is InChI=1S/C44H43Cl2N19O16S4/c1-3-65-36(67)33(35(47)66)20(2)34(37(65)68)62-61-28-17-23(5-7-30(28)83(73,74)75)50-42-54-38(45)53-41(57-42)49-8-9-63-10-12-64(13-11-63)44-56-39(46)55-43(58-44)51-22-4-6-26(27(16-22)52-40(48)69)59-60-29-19-25-21(15-32(29)85(79,80)81)14-24(82(70,71)72)18-31(25)84(76,77)78/h4-7,14-19,67H,3,8-13H2,1-2H3,(H2,47,66)(H3,48,52,69)(H,70,71,72)(H,73,74,75)(H,76,77,78)(H,79,80,81)(H,51,55,56,58)(H2,49,50,53,54,57). The Morgan fingerprint density at radius 2 is 1.24 bits per heavy atom. The fraction of sp³-hybridized carbons (Fsp3) is 0.205. The molecule has 1 aliphatic rings. The Bertz CT molecular complexity index is 4500. The van der Waals surface area contributed by atoms with Gasteiger partial charge in [-0.2, -0.15) is 63.6 Å². The lowest BCUT2D eigenvalue weighted by Crippen LogP contribution is -2.48. The van der Waals surface area contributed by atoms with E-state index < -0.39 is 117 Å². The van der Waals surface area contributed by atoms with Gasteiger partial charge >= 0.3 is 6.03 Å². The first kappa shape index (κ1) is 62.3. The maximum Gasteiger partial charge on any atom is 0.316 e. The zero-order chi connectivity index (χ0) is 62.1. The lowest BCUT2D eigenvalue weighted by Gasteiger charge is -2.34. The zero-order valence-electron chi connectivity index (χ0n) is 43.3. The molecule has 3 aromatic heterocycles. The number of rotatable bonds is 20. The van der Waals surface area contributed by atoms with Crippen molar-refractivity contribution in [3.8, 4) is 5.88 Å². The Morgan fingerprint density at radius 3 is 1.85 bits per heavy atom. The molecule has 4 aromatic carbocycles. The van der Waals surface area contributed by atoms with E-state index in [0.717, 1.165) is 22.8 Å². The summed E-state index contributed by atoms with van der Waals surface area (Å²) in [6.45, 7) is 5.30. The summed E-state index contributed by atoms with van der Waals surface area (Å²) in [4.78, 5) is 62.9. The minimum atomic E-state index is -5.24.